The van der Waals surface area contributed by atoms with Crippen molar-refractivity contribution in [1.82, 2.24) is 19.9 Å². The van der Waals surface area contributed by atoms with Gasteiger partial charge in [0.15, 0.2) is 0 Å². The number of piperidine rings is 1. The molecule has 0 aliphatic carbocycles. The predicted octanol–water partition coefficient (Wildman–Crippen LogP) is 0.224. The van der Waals surface area contributed by atoms with Crippen LogP contribution in [0, 0.1) is 0 Å². The lowest BCUT2D eigenvalue weighted by atomic mass is 9.99. The molecular formula is C19H27N7O2. The summed E-state index contributed by atoms with van der Waals surface area (Å²) in [6.45, 7) is 5.01. The fourth-order valence-corrected chi connectivity index (χ4v) is 4.07. The summed E-state index contributed by atoms with van der Waals surface area (Å²) in [5.74, 6) is 2.33. The highest BCUT2D eigenvalue weighted by molar-refractivity contribution is 5.46. The molecule has 2 aromatic heterocycles. The van der Waals surface area contributed by atoms with Gasteiger partial charge < -0.3 is 25.4 Å². The van der Waals surface area contributed by atoms with Gasteiger partial charge in [-0.1, -0.05) is 6.07 Å². The van der Waals surface area contributed by atoms with E-state index in [2.05, 4.69) is 24.8 Å². The van der Waals surface area contributed by atoms with Gasteiger partial charge in [0, 0.05) is 57.6 Å². The average molecular weight is 385 g/mol. The Morgan fingerprint density at radius 3 is 2.57 bits per heavy atom. The topological polar surface area (TPSA) is 104 Å². The number of ether oxygens (including phenoxy) is 1. The Kier molecular flexibility index (Phi) is 5.45. The van der Waals surface area contributed by atoms with Gasteiger partial charge in [0.2, 0.25) is 11.8 Å². The van der Waals surface area contributed by atoms with Gasteiger partial charge in [-0.15, -0.1) is 0 Å². The van der Waals surface area contributed by atoms with Gasteiger partial charge in [-0.05, 0) is 18.6 Å². The molecule has 2 aliphatic rings. The first-order valence-electron chi connectivity index (χ1n) is 9.65. The molecule has 2 unspecified atom stereocenters. The van der Waals surface area contributed by atoms with Crippen LogP contribution in [-0.4, -0.2) is 83.5 Å². The number of anilines is 3. The van der Waals surface area contributed by atoms with E-state index >= 15 is 0 Å². The Hall–Kier alpha value is -2.65. The molecule has 0 spiro atoms. The van der Waals surface area contributed by atoms with Gasteiger partial charge in [0.25, 0.3) is 0 Å². The smallest absolute Gasteiger partial charge is 0.225 e. The molecule has 4 rings (SSSR count). The molecule has 3 N–H and O–H groups in total. The number of aliphatic hydroxyl groups is 1. The van der Waals surface area contributed by atoms with Crippen LogP contribution in [0.1, 0.15) is 6.42 Å². The monoisotopic (exact) mass is 385 g/mol. The van der Waals surface area contributed by atoms with Gasteiger partial charge in [0.05, 0.1) is 13.2 Å². The lowest BCUT2D eigenvalue weighted by molar-refractivity contribution is 0.0336. The Morgan fingerprint density at radius 2 is 1.89 bits per heavy atom. The number of methoxy groups -OCH3 is 1. The van der Waals surface area contributed by atoms with E-state index in [4.69, 9.17) is 10.5 Å². The molecule has 4 heterocycles. The molecule has 28 heavy (non-hydrogen) atoms. The molecule has 2 fully saturated rings. The summed E-state index contributed by atoms with van der Waals surface area (Å²) >= 11 is 0. The number of aliphatic hydroxyl groups excluding tert-OH is 1. The minimum Gasteiger partial charge on any atom is -0.481 e. The third-order valence-corrected chi connectivity index (χ3v) is 5.54. The highest BCUT2D eigenvalue weighted by Gasteiger charge is 2.34. The number of pyridine rings is 1. The van der Waals surface area contributed by atoms with Crippen LogP contribution < -0.4 is 20.3 Å². The first kappa shape index (κ1) is 18.7. The van der Waals surface area contributed by atoms with Gasteiger partial charge >= 0.3 is 0 Å². The molecule has 150 valence electrons. The third kappa shape index (κ3) is 3.95. The van der Waals surface area contributed by atoms with Crippen LogP contribution in [0.4, 0.5) is 17.6 Å². The molecular weight excluding hydrogens is 358 g/mol. The fraction of sp³-hybridized carbons (Fsp3) is 0.526. The molecule has 0 radical (unpaired) electrons. The Morgan fingerprint density at radius 1 is 1.07 bits per heavy atom. The highest BCUT2D eigenvalue weighted by Crippen LogP contribution is 2.25. The summed E-state index contributed by atoms with van der Waals surface area (Å²) in [6, 6.07) is 7.91. The van der Waals surface area contributed by atoms with Crippen LogP contribution in [0.2, 0.25) is 0 Å². The third-order valence-electron chi connectivity index (χ3n) is 5.54. The molecule has 0 bridgehead atoms. The number of piperazine rings is 1. The highest BCUT2D eigenvalue weighted by atomic mass is 16.5. The molecule has 2 saturated heterocycles. The lowest BCUT2D eigenvalue weighted by Crippen LogP contribution is -2.59. The zero-order chi connectivity index (χ0) is 19.5. The zero-order valence-electron chi connectivity index (χ0n) is 16.1. The number of rotatable bonds is 4. The average Bonchev–Trinajstić information content (AvgIpc) is 2.74. The maximum atomic E-state index is 10.8. The molecule has 0 amide bonds. The first-order chi connectivity index (χ1) is 13.6. The van der Waals surface area contributed by atoms with Crippen molar-refractivity contribution in [2.24, 2.45) is 0 Å². The summed E-state index contributed by atoms with van der Waals surface area (Å²) in [4.78, 5) is 19.5. The van der Waals surface area contributed by atoms with Gasteiger partial charge in [-0.3, -0.25) is 4.90 Å². The maximum Gasteiger partial charge on any atom is 0.225 e. The van der Waals surface area contributed by atoms with Gasteiger partial charge in [-0.2, -0.15) is 9.97 Å². The summed E-state index contributed by atoms with van der Waals surface area (Å²) in [6.07, 6.45) is 2.25. The van der Waals surface area contributed by atoms with Crippen molar-refractivity contribution in [3.63, 3.8) is 0 Å². The SMILES string of the molecule is COc1cc(N2CCC(N3CCN(c4ccccn4)CC3)C(O)C2)nc(N)n1. The molecule has 9 heteroatoms. The minimum absolute atomic E-state index is 0.156. The van der Waals surface area contributed by atoms with E-state index in [1.807, 2.05) is 29.3 Å². The predicted molar refractivity (Wildman–Crippen MR) is 108 cm³/mol. The number of hydrogen-bond donors (Lipinski definition) is 2. The standard InChI is InChI=1S/C19H27N7O2/c1-28-18-12-17(22-19(20)23-18)26-7-5-14(15(27)13-26)24-8-10-25(11-9-24)16-4-2-3-6-21-16/h2-4,6,12,14-15,27H,5,7-11,13H2,1H3,(H2,20,22,23). The Labute approximate surface area is 164 Å². The molecule has 0 saturated carbocycles. The van der Waals surface area contributed by atoms with E-state index in [1.165, 1.54) is 0 Å². The van der Waals surface area contributed by atoms with Crippen LogP contribution in [0.25, 0.3) is 0 Å². The van der Waals surface area contributed by atoms with E-state index in [0.717, 1.165) is 45.0 Å². The number of aromatic nitrogens is 3. The van der Waals surface area contributed by atoms with E-state index in [0.29, 0.717) is 18.2 Å². The number of nitrogens with zero attached hydrogens (tertiary/aromatic N) is 6. The van der Waals surface area contributed by atoms with Crippen molar-refractivity contribution in [1.29, 1.82) is 0 Å². The molecule has 9 nitrogen and oxygen atoms in total. The quantitative estimate of drug-likeness (QED) is 0.765. The van der Waals surface area contributed by atoms with Gasteiger partial charge in [-0.25, -0.2) is 4.98 Å². The van der Waals surface area contributed by atoms with Crippen molar-refractivity contribution in [2.45, 2.75) is 18.6 Å². The minimum atomic E-state index is -0.447. The summed E-state index contributed by atoms with van der Waals surface area (Å²) in [7, 11) is 1.55. The number of hydrogen-bond acceptors (Lipinski definition) is 9. The first-order valence-corrected chi connectivity index (χ1v) is 9.65. The fourth-order valence-electron chi connectivity index (χ4n) is 4.07. The lowest BCUT2D eigenvalue weighted by Gasteiger charge is -2.45. The molecule has 2 atom stereocenters. The number of nitrogen functional groups attached to an aromatic ring is 1. The van der Waals surface area contributed by atoms with E-state index in [9.17, 15) is 5.11 Å². The van der Waals surface area contributed by atoms with E-state index < -0.39 is 6.10 Å². The van der Waals surface area contributed by atoms with Crippen molar-refractivity contribution in [3.05, 3.63) is 30.5 Å². The summed E-state index contributed by atoms with van der Waals surface area (Å²) < 4.78 is 5.18. The van der Waals surface area contributed by atoms with Crippen molar-refractivity contribution in [3.8, 4) is 5.88 Å². The summed E-state index contributed by atoms with van der Waals surface area (Å²) in [5.41, 5.74) is 5.77. The zero-order valence-corrected chi connectivity index (χ0v) is 16.1. The van der Waals surface area contributed by atoms with Crippen LogP contribution in [0.5, 0.6) is 5.88 Å². The Balaban J connectivity index is 1.36. The van der Waals surface area contributed by atoms with Gasteiger partial charge in [0.1, 0.15) is 11.6 Å². The maximum absolute atomic E-state index is 10.8. The second-order valence-corrected chi connectivity index (χ2v) is 7.21. The van der Waals surface area contributed by atoms with Crippen LogP contribution in [0.15, 0.2) is 30.5 Å². The molecule has 2 aliphatic heterocycles. The second-order valence-electron chi connectivity index (χ2n) is 7.21. The summed E-state index contributed by atoms with van der Waals surface area (Å²) in [5, 5.41) is 10.8. The Bertz CT molecular complexity index is 783. The normalized spacial score (nSPS) is 23.6. The molecule has 0 aromatic carbocycles. The van der Waals surface area contributed by atoms with Crippen molar-refractivity contribution in [2.75, 3.05) is 61.9 Å². The largest absolute Gasteiger partial charge is 0.481 e. The van der Waals surface area contributed by atoms with Crippen molar-refractivity contribution >= 4 is 17.6 Å². The van der Waals surface area contributed by atoms with E-state index in [1.54, 1.807) is 13.2 Å². The van der Waals surface area contributed by atoms with Crippen LogP contribution >= 0.6 is 0 Å². The molecule has 2 aromatic rings. The van der Waals surface area contributed by atoms with Crippen LogP contribution in [-0.2, 0) is 0 Å². The second kappa shape index (κ2) is 8.15. The van der Waals surface area contributed by atoms with E-state index in [-0.39, 0.29) is 12.0 Å². The number of β-amino-alcohol motifs (C(OH)–C–C–N with tert-alkyl or cyclic N) is 1. The number of nitrogens with two attached hydrogens (primary N) is 1. The van der Waals surface area contributed by atoms with Crippen molar-refractivity contribution < 1.29 is 9.84 Å². The van der Waals surface area contributed by atoms with Crippen LogP contribution in [0.3, 0.4) is 0 Å².